The molecule has 7 nitrogen and oxygen atoms in total. The van der Waals surface area contributed by atoms with Gasteiger partial charge < -0.3 is 20.7 Å². The summed E-state index contributed by atoms with van der Waals surface area (Å²) in [6.45, 7) is 7.48. The molecule has 0 bridgehead atoms. The summed E-state index contributed by atoms with van der Waals surface area (Å²) < 4.78 is 5.17. The van der Waals surface area contributed by atoms with Gasteiger partial charge in [0.1, 0.15) is 0 Å². The van der Waals surface area contributed by atoms with Gasteiger partial charge in [-0.3, -0.25) is 0 Å². The molecule has 21 heavy (non-hydrogen) atoms. The van der Waals surface area contributed by atoms with Crippen molar-refractivity contribution in [3.8, 4) is 0 Å². The minimum absolute atomic E-state index is 0.260. The molecule has 7 heteroatoms. The van der Waals surface area contributed by atoms with E-state index in [1.807, 2.05) is 0 Å². The van der Waals surface area contributed by atoms with Gasteiger partial charge in [-0.05, 0) is 38.5 Å². The standard InChI is InChI=1S/C14H26N6O/c1-4-20(5-2)13-18-11(15)17-12(19-13)16-10-14(6-7-14)8-9-21-3/h4-10H2,1-3H3,(H3,15,16,17,18,19). The van der Waals surface area contributed by atoms with Crippen LogP contribution in [0.2, 0.25) is 0 Å². The number of nitrogens with two attached hydrogens (primary N) is 1. The maximum absolute atomic E-state index is 5.79. The van der Waals surface area contributed by atoms with E-state index in [-0.39, 0.29) is 5.95 Å². The number of nitrogens with one attached hydrogen (secondary N) is 1. The van der Waals surface area contributed by atoms with Crippen LogP contribution in [0, 0.1) is 5.41 Å². The molecule has 0 atom stereocenters. The van der Waals surface area contributed by atoms with Crippen molar-refractivity contribution >= 4 is 17.8 Å². The highest BCUT2D eigenvalue weighted by Crippen LogP contribution is 2.48. The average Bonchev–Trinajstić information content (AvgIpc) is 3.24. The van der Waals surface area contributed by atoms with Crippen LogP contribution in [0.25, 0.3) is 0 Å². The Balaban J connectivity index is 2.00. The van der Waals surface area contributed by atoms with E-state index in [2.05, 4.69) is 39.0 Å². The van der Waals surface area contributed by atoms with Gasteiger partial charge in [0.2, 0.25) is 17.8 Å². The van der Waals surface area contributed by atoms with Gasteiger partial charge in [-0.2, -0.15) is 15.0 Å². The zero-order valence-electron chi connectivity index (χ0n) is 13.2. The summed E-state index contributed by atoms with van der Waals surface area (Å²) in [5, 5.41) is 3.32. The van der Waals surface area contributed by atoms with E-state index in [0.29, 0.717) is 17.3 Å². The van der Waals surface area contributed by atoms with E-state index >= 15 is 0 Å². The number of methoxy groups -OCH3 is 1. The molecule has 1 aromatic rings. The first-order valence-corrected chi connectivity index (χ1v) is 7.62. The van der Waals surface area contributed by atoms with E-state index in [1.54, 1.807) is 7.11 Å². The number of nitrogens with zero attached hydrogens (tertiary/aromatic N) is 4. The van der Waals surface area contributed by atoms with E-state index < -0.39 is 0 Å². The van der Waals surface area contributed by atoms with Crippen molar-refractivity contribution in [2.45, 2.75) is 33.1 Å². The summed E-state index contributed by atoms with van der Waals surface area (Å²) in [7, 11) is 1.74. The van der Waals surface area contributed by atoms with Crippen LogP contribution in [0.3, 0.4) is 0 Å². The molecule has 2 rings (SSSR count). The zero-order chi connectivity index (χ0) is 15.3. The Kier molecular flexibility index (Phi) is 5.17. The van der Waals surface area contributed by atoms with Gasteiger partial charge in [0.05, 0.1) is 0 Å². The van der Waals surface area contributed by atoms with E-state index in [4.69, 9.17) is 10.5 Å². The Hall–Kier alpha value is -1.63. The van der Waals surface area contributed by atoms with Crippen molar-refractivity contribution in [2.24, 2.45) is 5.41 Å². The predicted octanol–water partition coefficient (Wildman–Crippen LogP) is 1.53. The van der Waals surface area contributed by atoms with Crippen LogP contribution in [0.5, 0.6) is 0 Å². The highest BCUT2D eigenvalue weighted by molar-refractivity contribution is 5.42. The van der Waals surface area contributed by atoms with Gasteiger partial charge in [0.25, 0.3) is 0 Å². The molecular weight excluding hydrogens is 268 g/mol. The largest absolute Gasteiger partial charge is 0.385 e. The third kappa shape index (κ3) is 4.17. The molecule has 0 saturated heterocycles. The van der Waals surface area contributed by atoms with Gasteiger partial charge in [-0.1, -0.05) is 0 Å². The smallest absolute Gasteiger partial charge is 0.231 e. The molecule has 0 amide bonds. The molecule has 1 aliphatic carbocycles. The van der Waals surface area contributed by atoms with E-state index in [1.165, 1.54) is 12.8 Å². The van der Waals surface area contributed by atoms with Gasteiger partial charge in [0.15, 0.2) is 0 Å². The summed E-state index contributed by atoms with van der Waals surface area (Å²) >= 11 is 0. The van der Waals surface area contributed by atoms with Crippen molar-refractivity contribution in [3.05, 3.63) is 0 Å². The molecule has 0 radical (unpaired) electrons. The predicted molar refractivity (Wildman–Crippen MR) is 84.5 cm³/mol. The highest BCUT2D eigenvalue weighted by Gasteiger charge is 2.41. The molecule has 0 unspecified atom stereocenters. The summed E-state index contributed by atoms with van der Waals surface area (Å²) in [5.41, 5.74) is 6.13. The fraction of sp³-hybridized carbons (Fsp3) is 0.786. The third-order valence-corrected chi connectivity index (χ3v) is 4.10. The van der Waals surface area contributed by atoms with Crippen molar-refractivity contribution in [2.75, 3.05) is 49.3 Å². The first-order valence-electron chi connectivity index (χ1n) is 7.62. The number of rotatable bonds is 9. The zero-order valence-corrected chi connectivity index (χ0v) is 13.2. The fourth-order valence-corrected chi connectivity index (χ4v) is 2.38. The topological polar surface area (TPSA) is 89.2 Å². The molecule has 1 saturated carbocycles. The Bertz CT molecular complexity index is 459. The van der Waals surface area contributed by atoms with Gasteiger partial charge >= 0.3 is 0 Å². The monoisotopic (exact) mass is 294 g/mol. The van der Waals surface area contributed by atoms with Crippen LogP contribution in [0.15, 0.2) is 0 Å². The van der Waals surface area contributed by atoms with Crippen molar-refractivity contribution < 1.29 is 4.74 Å². The minimum Gasteiger partial charge on any atom is -0.385 e. The van der Waals surface area contributed by atoms with Crippen LogP contribution in [-0.2, 0) is 4.74 Å². The molecular formula is C14H26N6O. The lowest BCUT2D eigenvalue weighted by Crippen LogP contribution is -2.26. The SMILES string of the molecule is CCN(CC)c1nc(N)nc(NCC2(CCOC)CC2)n1. The number of aromatic nitrogens is 3. The average molecular weight is 294 g/mol. The Morgan fingerprint density at radius 1 is 1.24 bits per heavy atom. The van der Waals surface area contributed by atoms with Crippen LogP contribution in [-0.4, -0.2) is 48.3 Å². The molecule has 3 N–H and O–H groups in total. The fourth-order valence-electron chi connectivity index (χ4n) is 2.38. The second-order valence-electron chi connectivity index (χ2n) is 5.59. The molecule has 118 valence electrons. The van der Waals surface area contributed by atoms with Crippen molar-refractivity contribution in [3.63, 3.8) is 0 Å². The highest BCUT2D eigenvalue weighted by atomic mass is 16.5. The summed E-state index contributed by atoms with van der Waals surface area (Å²) in [6, 6.07) is 0. The molecule has 1 heterocycles. The first-order chi connectivity index (χ1) is 10.1. The number of ether oxygens (including phenoxy) is 1. The lowest BCUT2D eigenvalue weighted by molar-refractivity contribution is 0.175. The number of nitrogen functional groups attached to an aromatic ring is 1. The lowest BCUT2D eigenvalue weighted by atomic mass is 10.0. The second-order valence-corrected chi connectivity index (χ2v) is 5.59. The first kappa shape index (κ1) is 15.8. The Morgan fingerprint density at radius 3 is 2.52 bits per heavy atom. The molecule has 1 aromatic heterocycles. The molecule has 1 aliphatic rings. The normalized spacial score (nSPS) is 15.8. The molecule has 0 aliphatic heterocycles. The number of hydrogen-bond acceptors (Lipinski definition) is 7. The summed E-state index contributed by atoms with van der Waals surface area (Å²) in [6.07, 6.45) is 3.53. The molecule has 0 spiro atoms. The Morgan fingerprint density at radius 2 is 1.95 bits per heavy atom. The lowest BCUT2D eigenvalue weighted by Gasteiger charge is -2.20. The van der Waals surface area contributed by atoms with Gasteiger partial charge in [0, 0.05) is 33.4 Å². The van der Waals surface area contributed by atoms with Crippen LogP contribution >= 0.6 is 0 Å². The van der Waals surface area contributed by atoms with Crippen LogP contribution < -0.4 is 16.0 Å². The van der Waals surface area contributed by atoms with Crippen molar-refractivity contribution in [1.82, 2.24) is 15.0 Å². The maximum Gasteiger partial charge on any atom is 0.231 e. The number of anilines is 3. The minimum atomic E-state index is 0.260. The second kappa shape index (κ2) is 6.89. The Labute approximate surface area is 126 Å². The van der Waals surface area contributed by atoms with Gasteiger partial charge in [-0.25, -0.2) is 0 Å². The van der Waals surface area contributed by atoms with Gasteiger partial charge in [-0.15, -0.1) is 0 Å². The quantitative estimate of drug-likeness (QED) is 0.714. The van der Waals surface area contributed by atoms with E-state index in [9.17, 15) is 0 Å². The van der Waals surface area contributed by atoms with Crippen LogP contribution in [0.4, 0.5) is 17.8 Å². The van der Waals surface area contributed by atoms with Crippen LogP contribution in [0.1, 0.15) is 33.1 Å². The third-order valence-electron chi connectivity index (χ3n) is 4.10. The number of hydrogen-bond donors (Lipinski definition) is 2. The molecule has 1 fully saturated rings. The summed E-state index contributed by atoms with van der Waals surface area (Å²) in [5.74, 6) is 1.46. The van der Waals surface area contributed by atoms with E-state index in [0.717, 1.165) is 32.7 Å². The molecule has 0 aromatic carbocycles. The summed E-state index contributed by atoms with van der Waals surface area (Å²) in [4.78, 5) is 14.9. The van der Waals surface area contributed by atoms with Crippen molar-refractivity contribution in [1.29, 1.82) is 0 Å². The maximum atomic E-state index is 5.79.